The van der Waals surface area contributed by atoms with Gasteiger partial charge in [-0.1, -0.05) is 12.1 Å². The van der Waals surface area contributed by atoms with Crippen LogP contribution in [0.2, 0.25) is 0 Å². The predicted molar refractivity (Wildman–Crippen MR) is 80.0 cm³/mol. The molecule has 0 spiro atoms. The van der Waals surface area contributed by atoms with Gasteiger partial charge in [-0.2, -0.15) is 5.10 Å². The zero-order valence-electron chi connectivity index (χ0n) is 12.1. The summed E-state index contributed by atoms with van der Waals surface area (Å²) in [6.07, 6.45) is 3.37. The molecule has 1 aromatic carbocycles. The first-order valence-electron chi connectivity index (χ1n) is 7.19. The summed E-state index contributed by atoms with van der Waals surface area (Å²) in [5, 5.41) is 9.61. The van der Waals surface area contributed by atoms with Gasteiger partial charge in [0, 0.05) is 18.9 Å². The van der Waals surface area contributed by atoms with E-state index in [-0.39, 0.29) is 12.1 Å². The minimum absolute atomic E-state index is 0.188. The van der Waals surface area contributed by atoms with Gasteiger partial charge in [0.25, 0.3) is 0 Å². The van der Waals surface area contributed by atoms with E-state index < -0.39 is 0 Å². The summed E-state index contributed by atoms with van der Waals surface area (Å²) in [7, 11) is 0. The summed E-state index contributed by atoms with van der Waals surface area (Å²) >= 11 is 0. The maximum atomic E-state index is 11.7. The maximum absolute atomic E-state index is 11.7. The van der Waals surface area contributed by atoms with Gasteiger partial charge in [0.1, 0.15) is 6.61 Å². The Labute approximate surface area is 128 Å². The quantitative estimate of drug-likeness (QED) is 0.864. The zero-order chi connectivity index (χ0) is 15.2. The van der Waals surface area contributed by atoms with E-state index in [0.29, 0.717) is 32.0 Å². The number of fused-ring (bicyclic) bond motifs is 1. The van der Waals surface area contributed by atoms with Gasteiger partial charge in [-0.05, 0) is 18.2 Å². The lowest BCUT2D eigenvalue weighted by atomic mass is 10.2. The third-order valence-electron chi connectivity index (χ3n) is 3.24. The van der Waals surface area contributed by atoms with Crippen molar-refractivity contribution in [1.82, 2.24) is 20.4 Å². The van der Waals surface area contributed by atoms with E-state index >= 15 is 0 Å². The Balaban J connectivity index is 1.37. The third kappa shape index (κ3) is 3.69. The molecule has 7 nitrogen and oxygen atoms in total. The molecule has 2 amide bonds. The fourth-order valence-electron chi connectivity index (χ4n) is 2.15. The summed E-state index contributed by atoms with van der Waals surface area (Å²) in [4.78, 5) is 11.7. The van der Waals surface area contributed by atoms with Crippen LogP contribution in [-0.2, 0) is 6.54 Å². The molecule has 116 valence electrons. The van der Waals surface area contributed by atoms with Crippen molar-refractivity contribution >= 4 is 6.03 Å². The van der Waals surface area contributed by atoms with Crippen molar-refractivity contribution in [1.29, 1.82) is 0 Å². The number of urea groups is 1. The number of aromatic nitrogens is 2. The molecule has 2 aromatic rings. The first kappa shape index (κ1) is 14.2. The van der Waals surface area contributed by atoms with Crippen molar-refractivity contribution in [2.75, 3.05) is 19.7 Å². The first-order chi connectivity index (χ1) is 10.8. The van der Waals surface area contributed by atoms with Crippen LogP contribution < -0.4 is 20.1 Å². The number of hydrogen-bond donors (Lipinski definition) is 2. The number of nitrogens with zero attached hydrogens (tertiary/aromatic N) is 2. The van der Waals surface area contributed by atoms with Gasteiger partial charge >= 0.3 is 6.03 Å². The molecule has 3 rings (SSSR count). The van der Waals surface area contributed by atoms with Crippen LogP contribution in [0.1, 0.15) is 0 Å². The minimum Gasteiger partial charge on any atom is -0.486 e. The lowest BCUT2D eigenvalue weighted by molar-refractivity contribution is 0.0918. The molecular formula is C15H18N4O3. The average Bonchev–Trinajstić information content (AvgIpc) is 3.06. The number of carbonyl (C=O) groups excluding carboxylic acids is 1. The van der Waals surface area contributed by atoms with Crippen LogP contribution in [-0.4, -0.2) is 41.6 Å². The third-order valence-corrected chi connectivity index (χ3v) is 3.24. The van der Waals surface area contributed by atoms with E-state index in [1.54, 1.807) is 10.9 Å². The van der Waals surface area contributed by atoms with E-state index in [2.05, 4.69) is 15.7 Å². The van der Waals surface area contributed by atoms with Gasteiger partial charge in [0.2, 0.25) is 0 Å². The molecule has 22 heavy (non-hydrogen) atoms. The fourth-order valence-corrected chi connectivity index (χ4v) is 2.15. The Morgan fingerprint density at radius 3 is 2.95 bits per heavy atom. The van der Waals surface area contributed by atoms with Crippen molar-refractivity contribution in [3.8, 4) is 11.5 Å². The molecule has 2 heterocycles. The van der Waals surface area contributed by atoms with Crippen molar-refractivity contribution in [2.45, 2.75) is 12.6 Å². The molecule has 0 aliphatic carbocycles. The van der Waals surface area contributed by atoms with E-state index in [4.69, 9.17) is 9.47 Å². The first-order valence-corrected chi connectivity index (χ1v) is 7.19. The van der Waals surface area contributed by atoms with Gasteiger partial charge in [0.05, 0.1) is 13.1 Å². The number of amides is 2. The van der Waals surface area contributed by atoms with Crippen molar-refractivity contribution in [2.24, 2.45) is 0 Å². The second kappa shape index (κ2) is 6.84. The number of benzene rings is 1. The molecule has 1 aliphatic rings. The lowest BCUT2D eigenvalue weighted by Gasteiger charge is -2.26. The Kier molecular flexibility index (Phi) is 4.43. The van der Waals surface area contributed by atoms with Crippen LogP contribution in [0, 0.1) is 0 Å². The van der Waals surface area contributed by atoms with Crippen LogP contribution in [0.3, 0.4) is 0 Å². The van der Waals surface area contributed by atoms with Crippen molar-refractivity contribution in [3.05, 3.63) is 42.7 Å². The van der Waals surface area contributed by atoms with Crippen molar-refractivity contribution in [3.63, 3.8) is 0 Å². The van der Waals surface area contributed by atoms with Gasteiger partial charge in [-0.3, -0.25) is 4.68 Å². The Morgan fingerprint density at radius 2 is 2.14 bits per heavy atom. The number of rotatable bonds is 5. The largest absolute Gasteiger partial charge is 0.486 e. The molecule has 7 heteroatoms. The topological polar surface area (TPSA) is 77.4 Å². The van der Waals surface area contributed by atoms with Crippen LogP contribution >= 0.6 is 0 Å². The van der Waals surface area contributed by atoms with E-state index in [1.165, 1.54) is 0 Å². The minimum atomic E-state index is -0.227. The molecule has 1 unspecified atom stereocenters. The second-order valence-electron chi connectivity index (χ2n) is 4.90. The smallest absolute Gasteiger partial charge is 0.314 e. The Bertz CT molecular complexity index is 615. The summed E-state index contributed by atoms with van der Waals surface area (Å²) in [6, 6.07) is 9.12. The standard InChI is InChI=1S/C15H18N4O3/c20-15(16-7-9-19-8-3-6-18-19)17-10-12-11-21-13-4-1-2-5-14(13)22-12/h1-6,8,12H,7,9-11H2,(H2,16,17,20). The highest BCUT2D eigenvalue weighted by Crippen LogP contribution is 2.30. The highest BCUT2D eigenvalue weighted by Gasteiger charge is 2.20. The van der Waals surface area contributed by atoms with Gasteiger partial charge < -0.3 is 20.1 Å². The van der Waals surface area contributed by atoms with E-state index in [1.807, 2.05) is 36.5 Å². The summed E-state index contributed by atoms with van der Waals surface area (Å²) < 4.78 is 13.1. The van der Waals surface area contributed by atoms with Gasteiger partial charge in [-0.15, -0.1) is 0 Å². The molecule has 0 bridgehead atoms. The van der Waals surface area contributed by atoms with Crippen LogP contribution in [0.4, 0.5) is 4.79 Å². The molecular weight excluding hydrogens is 284 g/mol. The Morgan fingerprint density at radius 1 is 1.27 bits per heavy atom. The highest BCUT2D eigenvalue weighted by molar-refractivity contribution is 5.73. The Hall–Kier alpha value is -2.70. The number of nitrogens with one attached hydrogen (secondary N) is 2. The second-order valence-corrected chi connectivity index (χ2v) is 4.90. The number of carbonyl (C=O) groups is 1. The number of hydrogen-bond acceptors (Lipinski definition) is 4. The summed E-state index contributed by atoms with van der Waals surface area (Å²) in [5.41, 5.74) is 0. The van der Waals surface area contributed by atoms with Crippen LogP contribution in [0.5, 0.6) is 11.5 Å². The molecule has 0 radical (unpaired) electrons. The normalized spacial score (nSPS) is 16.1. The number of ether oxygens (including phenoxy) is 2. The molecule has 1 atom stereocenters. The summed E-state index contributed by atoms with van der Waals surface area (Å²) in [6.45, 7) is 1.96. The van der Waals surface area contributed by atoms with Crippen LogP contribution in [0.15, 0.2) is 42.7 Å². The molecule has 0 fully saturated rings. The maximum Gasteiger partial charge on any atom is 0.314 e. The zero-order valence-corrected chi connectivity index (χ0v) is 12.1. The van der Waals surface area contributed by atoms with Crippen molar-refractivity contribution < 1.29 is 14.3 Å². The highest BCUT2D eigenvalue weighted by atomic mass is 16.6. The van der Waals surface area contributed by atoms with E-state index in [9.17, 15) is 4.79 Å². The average molecular weight is 302 g/mol. The molecule has 0 saturated carbocycles. The van der Waals surface area contributed by atoms with Crippen LogP contribution in [0.25, 0.3) is 0 Å². The molecule has 2 N–H and O–H groups in total. The van der Waals surface area contributed by atoms with Gasteiger partial charge in [0.15, 0.2) is 17.6 Å². The monoisotopic (exact) mass is 302 g/mol. The number of para-hydroxylation sites is 2. The molecule has 1 aromatic heterocycles. The lowest BCUT2D eigenvalue weighted by Crippen LogP contribution is -2.45. The summed E-state index contributed by atoms with van der Waals surface area (Å²) in [5.74, 6) is 1.45. The molecule has 1 aliphatic heterocycles. The molecule has 0 saturated heterocycles. The van der Waals surface area contributed by atoms with E-state index in [0.717, 1.165) is 5.75 Å². The fraction of sp³-hybridized carbons (Fsp3) is 0.333. The van der Waals surface area contributed by atoms with Gasteiger partial charge in [-0.25, -0.2) is 4.79 Å². The predicted octanol–water partition coefficient (Wildman–Crippen LogP) is 1.02. The SMILES string of the molecule is O=C(NCCn1cccn1)NCC1COc2ccccc2O1.